The van der Waals surface area contributed by atoms with Crippen molar-refractivity contribution in [3.05, 3.63) is 58.9 Å². The Hall–Kier alpha value is -2.20. The molecular weight excluding hydrogens is 238 g/mol. The van der Waals surface area contributed by atoms with Crippen LogP contribution in [-0.2, 0) is 6.54 Å². The van der Waals surface area contributed by atoms with E-state index in [0.29, 0.717) is 12.2 Å². The molecular formula is C15H17N3O. The second-order valence-corrected chi connectivity index (χ2v) is 4.58. The smallest absolute Gasteiger partial charge is 0.274 e. The number of amides is 1. The van der Waals surface area contributed by atoms with Gasteiger partial charge in [0.25, 0.3) is 5.91 Å². The third kappa shape index (κ3) is 3.39. The first-order chi connectivity index (χ1) is 9.08. The number of nitrogens with one attached hydrogen (secondary N) is 1. The summed E-state index contributed by atoms with van der Waals surface area (Å²) < 4.78 is 0. The van der Waals surface area contributed by atoms with E-state index in [1.807, 2.05) is 26.0 Å². The molecule has 1 amide bonds. The molecule has 2 rings (SSSR count). The lowest BCUT2D eigenvalue weighted by atomic mass is 10.1. The van der Waals surface area contributed by atoms with Crippen molar-refractivity contribution in [1.29, 1.82) is 0 Å². The number of hydrogen-bond acceptors (Lipinski definition) is 3. The number of nitrogens with zero attached hydrogens (tertiary/aromatic N) is 1. The van der Waals surface area contributed by atoms with E-state index >= 15 is 0 Å². The van der Waals surface area contributed by atoms with Crippen LogP contribution in [0.3, 0.4) is 0 Å². The number of pyridine rings is 1. The number of hydrogen-bond donors (Lipinski definition) is 2. The summed E-state index contributed by atoms with van der Waals surface area (Å²) >= 11 is 0. The lowest BCUT2D eigenvalue weighted by molar-refractivity contribution is 0.102. The van der Waals surface area contributed by atoms with Crippen LogP contribution in [0.2, 0.25) is 0 Å². The standard InChI is InChI=1S/C15H17N3O/c1-10-5-11(2)7-13(6-10)18-15(19)14-8-12(9-16)3-4-17-14/h3-8H,9,16H2,1-2H3,(H,18,19). The molecule has 4 heteroatoms. The SMILES string of the molecule is Cc1cc(C)cc(NC(=O)c2cc(CN)ccn2)c1. The van der Waals surface area contributed by atoms with Gasteiger partial charge < -0.3 is 11.1 Å². The molecule has 1 aromatic heterocycles. The molecule has 19 heavy (non-hydrogen) atoms. The van der Waals surface area contributed by atoms with Gasteiger partial charge in [-0.1, -0.05) is 6.07 Å². The molecule has 0 bridgehead atoms. The first-order valence-electron chi connectivity index (χ1n) is 6.13. The molecule has 0 unspecified atom stereocenters. The average molecular weight is 255 g/mol. The third-order valence-corrected chi connectivity index (χ3v) is 2.77. The highest BCUT2D eigenvalue weighted by Gasteiger charge is 2.08. The molecule has 0 fully saturated rings. The molecule has 4 nitrogen and oxygen atoms in total. The van der Waals surface area contributed by atoms with E-state index in [1.165, 1.54) is 0 Å². The Kier molecular flexibility index (Phi) is 3.92. The quantitative estimate of drug-likeness (QED) is 0.885. The number of carbonyl (C=O) groups is 1. The van der Waals surface area contributed by atoms with Crippen LogP contribution in [0.4, 0.5) is 5.69 Å². The largest absolute Gasteiger partial charge is 0.326 e. The molecule has 0 radical (unpaired) electrons. The van der Waals surface area contributed by atoms with Crippen molar-refractivity contribution in [2.75, 3.05) is 5.32 Å². The number of anilines is 1. The van der Waals surface area contributed by atoms with Gasteiger partial charge in [-0.25, -0.2) is 0 Å². The lowest BCUT2D eigenvalue weighted by Gasteiger charge is -2.07. The number of aromatic nitrogens is 1. The molecule has 3 N–H and O–H groups in total. The number of nitrogens with two attached hydrogens (primary N) is 1. The predicted molar refractivity (Wildman–Crippen MR) is 76.0 cm³/mol. The first kappa shape index (κ1) is 13.2. The Bertz CT molecular complexity index is 588. The van der Waals surface area contributed by atoms with Crippen LogP contribution in [-0.4, -0.2) is 10.9 Å². The molecule has 0 saturated carbocycles. The first-order valence-corrected chi connectivity index (χ1v) is 6.13. The minimum atomic E-state index is -0.222. The second kappa shape index (κ2) is 5.63. The van der Waals surface area contributed by atoms with Crippen LogP contribution in [0.1, 0.15) is 27.2 Å². The molecule has 2 aromatic rings. The van der Waals surface area contributed by atoms with Crippen LogP contribution < -0.4 is 11.1 Å². The minimum Gasteiger partial charge on any atom is -0.326 e. The van der Waals surface area contributed by atoms with E-state index < -0.39 is 0 Å². The van der Waals surface area contributed by atoms with Crippen molar-refractivity contribution in [3.8, 4) is 0 Å². The summed E-state index contributed by atoms with van der Waals surface area (Å²) in [5.41, 5.74) is 9.82. The molecule has 0 aliphatic carbocycles. The van der Waals surface area contributed by atoms with Gasteiger partial charge in [-0.15, -0.1) is 0 Å². The van der Waals surface area contributed by atoms with E-state index in [9.17, 15) is 4.79 Å². The van der Waals surface area contributed by atoms with Gasteiger partial charge in [-0.3, -0.25) is 9.78 Å². The van der Waals surface area contributed by atoms with Crippen molar-refractivity contribution in [2.24, 2.45) is 5.73 Å². The van der Waals surface area contributed by atoms with Crippen molar-refractivity contribution < 1.29 is 4.79 Å². The van der Waals surface area contributed by atoms with Crippen molar-refractivity contribution in [1.82, 2.24) is 4.98 Å². The average Bonchev–Trinajstić information content (AvgIpc) is 2.37. The zero-order valence-electron chi connectivity index (χ0n) is 11.1. The lowest BCUT2D eigenvalue weighted by Crippen LogP contribution is -2.14. The molecule has 0 aliphatic rings. The zero-order chi connectivity index (χ0) is 13.8. The Morgan fingerprint density at radius 2 is 1.89 bits per heavy atom. The summed E-state index contributed by atoms with van der Waals surface area (Å²) in [6, 6.07) is 9.42. The molecule has 0 spiro atoms. The number of rotatable bonds is 3. The molecule has 0 aliphatic heterocycles. The van der Waals surface area contributed by atoms with Crippen LogP contribution in [0.15, 0.2) is 36.5 Å². The van der Waals surface area contributed by atoms with Crippen LogP contribution in [0.25, 0.3) is 0 Å². The fraction of sp³-hybridized carbons (Fsp3) is 0.200. The summed E-state index contributed by atoms with van der Waals surface area (Å²) in [6.45, 7) is 4.39. The van der Waals surface area contributed by atoms with Crippen molar-refractivity contribution in [2.45, 2.75) is 20.4 Å². The normalized spacial score (nSPS) is 10.3. The highest BCUT2D eigenvalue weighted by molar-refractivity contribution is 6.03. The van der Waals surface area contributed by atoms with Gasteiger partial charge in [-0.05, 0) is 54.8 Å². The molecule has 1 aromatic carbocycles. The maximum atomic E-state index is 12.1. The van der Waals surface area contributed by atoms with Gasteiger partial charge in [0.05, 0.1) is 0 Å². The van der Waals surface area contributed by atoms with E-state index in [4.69, 9.17) is 5.73 Å². The van der Waals surface area contributed by atoms with E-state index in [1.54, 1.807) is 18.3 Å². The van der Waals surface area contributed by atoms with Gasteiger partial charge in [0.15, 0.2) is 0 Å². The number of aryl methyl sites for hydroxylation is 2. The summed E-state index contributed by atoms with van der Waals surface area (Å²) in [5, 5.41) is 2.85. The Labute approximate surface area is 112 Å². The van der Waals surface area contributed by atoms with Gasteiger partial charge >= 0.3 is 0 Å². The Morgan fingerprint density at radius 1 is 1.21 bits per heavy atom. The monoisotopic (exact) mass is 255 g/mol. The van der Waals surface area contributed by atoms with Gasteiger partial charge in [0, 0.05) is 18.4 Å². The Morgan fingerprint density at radius 3 is 2.53 bits per heavy atom. The van der Waals surface area contributed by atoms with Gasteiger partial charge in [0.2, 0.25) is 0 Å². The fourth-order valence-corrected chi connectivity index (χ4v) is 1.97. The van der Waals surface area contributed by atoms with Crippen LogP contribution >= 0.6 is 0 Å². The minimum absolute atomic E-state index is 0.222. The second-order valence-electron chi connectivity index (χ2n) is 4.58. The summed E-state index contributed by atoms with van der Waals surface area (Å²) in [4.78, 5) is 16.2. The topological polar surface area (TPSA) is 68.0 Å². The van der Waals surface area contributed by atoms with Crippen LogP contribution in [0, 0.1) is 13.8 Å². The number of benzene rings is 1. The molecule has 0 saturated heterocycles. The highest BCUT2D eigenvalue weighted by Crippen LogP contribution is 2.14. The van der Waals surface area contributed by atoms with E-state index in [2.05, 4.69) is 16.4 Å². The zero-order valence-corrected chi connectivity index (χ0v) is 11.1. The van der Waals surface area contributed by atoms with Gasteiger partial charge in [-0.2, -0.15) is 0 Å². The van der Waals surface area contributed by atoms with Crippen molar-refractivity contribution in [3.63, 3.8) is 0 Å². The summed E-state index contributed by atoms with van der Waals surface area (Å²) in [5.74, 6) is -0.222. The maximum absolute atomic E-state index is 12.1. The predicted octanol–water partition coefficient (Wildman–Crippen LogP) is 2.41. The van der Waals surface area contributed by atoms with Gasteiger partial charge in [0.1, 0.15) is 5.69 Å². The number of carbonyl (C=O) groups excluding carboxylic acids is 1. The van der Waals surface area contributed by atoms with E-state index in [0.717, 1.165) is 22.4 Å². The summed E-state index contributed by atoms with van der Waals surface area (Å²) in [6.07, 6.45) is 1.60. The Balaban J connectivity index is 2.20. The molecule has 0 atom stereocenters. The van der Waals surface area contributed by atoms with Crippen LogP contribution in [0.5, 0.6) is 0 Å². The summed E-state index contributed by atoms with van der Waals surface area (Å²) in [7, 11) is 0. The van der Waals surface area contributed by atoms with Crippen molar-refractivity contribution >= 4 is 11.6 Å². The van der Waals surface area contributed by atoms with E-state index in [-0.39, 0.29) is 5.91 Å². The maximum Gasteiger partial charge on any atom is 0.274 e. The fourth-order valence-electron chi connectivity index (χ4n) is 1.97. The third-order valence-electron chi connectivity index (χ3n) is 2.77. The highest BCUT2D eigenvalue weighted by atomic mass is 16.1. The molecule has 98 valence electrons. The molecule has 1 heterocycles.